The smallest absolute Gasteiger partial charge is 0.229 e. The van der Waals surface area contributed by atoms with E-state index in [1.165, 1.54) is 18.2 Å². The molecular formula is C15H18F2N4. The van der Waals surface area contributed by atoms with Gasteiger partial charge in [-0.3, -0.25) is 0 Å². The van der Waals surface area contributed by atoms with E-state index in [9.17, 15) is 8.78 Å². The van der Waals surface area contributed by atoms with Crippen molar-refractivity contribution in [3.63, 3.8) is 0 Å². The van der Waals surface area contributed by atoms with E-state index < -0.39 is 11.6 Å². The summed E-state index contributed by atoms with van der Waals surface area (Å²) >= 11 is 0. The van der Waals surface area contributed by atoms with Crippen LogP contribution >= 0.6 is 0 Å². The molecule has 112 valence electrons. The van der Waals surface area contributed by atoms with Gasteiger partial charge in [0.05, 0.1) is 0 Å². The molecule has 4 nitrogen and oxygen atoms in total. The van der Waals surface area contributed by atoms with Crippen molar-refractivity contribution >= 4 is 17.5 Å². The third kappa shape index (κ3) is 3.87. The summed E-state index contributed by atoms with van der Waals surface area (Å²) in [6.45, 7) is 2.97. The molecule has 0 radical (unpaired) electrons. The number of hydrogen-bond donors (Lipinski definition) is 1. The van der Waals surface area contributed by atoms with Crippen LogP contribution in [0.2, 0.25) is 0 Å². The predicted molar refractivity (Wildman–Crippen MR) is 79.9 cm³/mol. The van der Waals surface area contributed by atoms with Crippen molar-refractivity contribution in [2.24, 2.45) is 0 Å². The van der Waals surface area contributed by atoms with Crippen LogP contribution in [0.4, 0.5) is 26.2 Å². The molecule has 0 bridgehead atoms. The van der Waals surface area contributed by atoms with Crippen LogP contribution in [-0.2, 0) is 0 Å². The molecule has 0 spiro atoms. The van der Waals surface area contributed by atoms with Gasteiger partial charge in [-0.05, 0) is 24.6 Å². The molecule has 0 fully saturated rings. The van der Waals surface area contributed by atoms with Gasteiger partial charge < -0.3 is 10.2 Å². The van der Waals surface area contributed by atoms with Crippen LogP contribution in [0.5, 0.6) is 0 Å². The van der Waals surface area contributed by atoms with Crippen LogP contribution < -0.4 is 10.2 Å². The van der Waals surface area contributed by atoms with Gasteiger partial charge in [-0.2, -0.15) is 4.98 Å². The van der Waals surface area contributed by atoms with E-state index in [1.54, 1.807) is 12.3 Å². The van der Waals surface area contributed by atoms with Gasteiger partial charge in [-0.1, -0.05) is 19.4 Å². The van der Waals surface area contributed by atoms with E-state index in [2.05, 4.69) is 22.2 Å². The van der Waals surface area contributed by atoms with Gasteiger partial charge in [-0.15, -0.1) is 0 Å². The van der Waals surface area contributed by atoms with Crippen molar-refractivity contribution in [2.45, 2.75) is 19.8 Å². The largest absolute Gasteiger partial charge is 0.360 e. The van der Waals surface area contributed by atoms with Gasteiger partial charge in [-0.25, -0.2) is 13.8 Å². The number of halogens is 2. The Morgan fingerprint density at radius 3 is 2.57 bits per heavy atom. The molecule has 1 N–H and O–H groups in total. The van der Waals surface area contributed by atoms with Gasteiger partial charge in [0.2, 0.25) is 5.95 Å². The third-order valence-corrected chi connectivity index (χ3v) is 3.08. The number of para-hydroxylation sites is 1. The molecule has 2 rings (SSSR count). The molecule has 0 saturated heterocycles. The minimum absolute atomic E-state index is 0.167. The fraction of sp³-hybridized carbons (Fsp3) is 0.333. The molecule has 6 heteroatoms. The predicted octanol–water partition coefficient (Wildman–Crippen LogP) is 3.73. The van der Waals surface area contributed by atoms with Crippen LogP contribution in [0.25, 0.3) is 0 Å². The number of rotatable bonds is 6. The highest BCUT2D eigenvalue weighted by atomic mass is 19.1. The van der Waals surface area contributed by atoms with Crippen molar-refractivity contribution in [1.29, 1.82) is 0 Å². The highest BCUT2D eigenvalue weighted by Crippen LogP contribution is 2.22. The Hall–Kier alpha value is -2.24. The number of unbranched alkanes of at least 4 members (excludes halogenated alkanes) is 1. The van der Waals surface area contributed by atoms with Gasteiger partial charge in [0, 0.05) is 19.8 Å². The minimum Gasteiger partial charge on any atom is -0.360 e. The average molecular weight is 292 g/mol. The zero-order chi connectivity index (χ0) is 15.2. The molecule has 0 aliphatic heterocycles. The highest BCUT2D eigenvalue weighted by molar-refractivity contribution is 5.56. The maximum absolute atomic E-state index is 13.6. The summed E-state index contributed by atoms with van der Waals surface area (Å²) in [5, 5.41) is 2.59. The Kier molecular flexibility index (Phi) is 5.03. The molecule has 0 saturated carbocycles. The summed E-state index contributed by atoms with van der Waals surface area (Å²) in [5.41, 5.74) is -0.245. The number of benzene rings is 1. The maximum atomic E-state index is 13.6. The highest BCUT2D eigenvalue weighted by Gasteiger charge is 2.11. The topological polar surface area (TPSA) is 41.1 Å². The number of aromatic nitrogens is 2. The summed E-state index contributed by atoms with van der Waals surface area (Å²) in [7, 11) is 1.92. The zero-order valence-corrected chi connectivity index (χ0v) is 12.1. The minimum atomic E-state index is -0.677. The first-order valence-electron chi connectivity index (χ1n) is 6.87. The number of nitrogens with one attached hydrogen (secondary N) is 1. The van der Waals surface area contributed by atoms with Crippen LogP contribution in [0.15, 0.2) is 30.5 Å². The van der Waals surface area contributed by atoms with Crippen molar-refractivity contribution in [2.75, 3.05) is 23.8 Å². The molecule has 21 heavy (non-hydrogen) atoms. The number of hydrogen-bond acceptors (Lipinski definition) is 4. The standard InChI is InChI=1S/C15H18F2N4/c1-3-4-10-21(2)13-8-9-18-15(19-13)20-14-11(16)6-5-7-12(14)17/h5-9H,3-4,10H2,1-2H3,(H,18,19,20). The van der Waals surface area contributed by atoms with Crippen LogP contribution in [-0.4, -0.2) is 23.6 Å². The second-order valence-corrected chi connectivity index (χ2v) is 4.74. The van der Waals surface area contributed by atoms with E-state index in [0.29, 0.717) is 5.82 Å². The van der Waals surface area contributed by atoms with E-state index in [0.717, 1.165) is 19.4 Å². The van der Waals surface area contributed by atoms with E-state index >= 15 is 0 Å². The molecule has 0 atom stereocenters. The summed E-state index contributed by atoms with van der Waals surface area (Å²) in [4.78, 5) is 10.3. The second kappa shape index (κ2) is 6.97. The molecular weight excluding hydrogens is 274 g/mol. The molecule has 1 aromatic carbocycles. The lowest BCUT2D eigenvalue weighted by Crippen LogP contribution is -2.20. The van der Waals surface area contributed by atoms with Crippen molar-refractivity contribution in [3.05, 3.63) is 42.1 Å². The zero-order valence-electron chi connectivity index (χ0n) is 12.1. The summed E-state index contributed by atoms with van der Waals surface area (Å²) in [5.74, 6) is -0.482. The maximum Gasteiger partial charge on any atom is 0.229 e. The number of nitrogens with zero attached hydrogens (tertiary/aromatic N) is 3. The first-order chi connectivity index (χ1) is 10.1. The summed E-state index contributed by atoms with van der Waals surface area (Å²) in [6, 6.07) is 5.44. The monoisotopic (exact) mass is 292 g/mol. The summed E-state index contributed by atoms with van der Waals surface area (Å²) in [6.07, 6.45) is 3.69. The molecule has 0 aliphatic rings. The number of anilines is 3. The van der Waals surface area contributed by atoms with Gasteiger partial charge in [0.1, 0.15) is 23.1 Å². The average Bonchev–Trinajstić information content (AvgIpc) is 2.49. The third-order valence-electron chi connectivity index (χ3n) is 3.08. The summed E-state index contributed by atoms with van der Waals surface area (Å²) < 4.78 is 27.2. The van der Waals surface area contributed by atoms with E-state index in [1.807, 2.05) is 11.9 Å². The van der Waals surface area contributed by atoms with Gasteiger partial charge in [0.25, 0.3) is 0 Å². The first kappa shape index (κ1) is 15.2. The van der Waals surface area contributed by atoms with Gasteiger partial charge in [0.15, 0.2) is 0 Å². The Morgan fingerprint density at radius 1 is 1.19 bits per heavy atom. The van der Waals surface area contributed by atoms with E-state index in [4.69, 9.17) is 0 Å². The second-order valence-electron chi connectivity index (χ2n) is 4.74. The first-order valence-corrected chi connectivity index (χ1v) is 6.87. The van der Waals surface area contributed by atoms with Crippen molar-refractivity contribution in [1.82, 2.24) is 9.97 Å². The Balaban J connectivity index is 2.18. The SMILES string of the molecule is CCCCN(C)c1ccnc(Nc2c(F)cccc2F)n1. The van der Waals surface area contributed by atoms with Crippen molar-refractivity contribution in [3.8, 4) is 0 Å². The lowest BCUT2D eigenvalue weighted by molar-refractivity contribution is 0.590. The molecule has 2 aromatic rings. The van der Waals surface area contributed by atoms with Gasteiger partial charge >= 0.3 is 0 Å². The van der Waals surface area contributed by atoms with Crippen molar-refractivity contribution < 1.29 is 8.78 Å². The Labute approximate surface area is 122 Å². The lowest BCUT2D eigenvalue weighted by Gasteiger charge is -2.18. The fourth-order valence-electron chi connectivity index (χ4n) is 1.86. The normalized spacial score (nSPS) is 10.5. The van der Waals surface area contributed by atoms with Crippen LogP contribution in [0, 0.1) is 11.6 Å². The van der Waals surface area contributed by atoms with E-state index in [-0.39, 0.29) is 11.6 Å². The Morgan fingerprint density at radius 2 is 1.90 bits per heavy atom. The molecule has 1 aromatic heterocycles. The Bertz CT molecular complexity index is 584. The molecule has 1 heterocycles. The van der Waals surface area contributed by atoms with Crippen LogP contribution in [0.3, 0.4) is 0 Å². The fourth-order valence-corrected chi connectivity index (χ4v) is 1.86. The molecule has 0 amide bonds. The lowest BCUT2D eigenvalue weighted by atomic mass is 10.3. The molecule has 0 aliphatic carbocycles. The quantitative estimate of drug-likeness (QED) is 0.880. The molecule has 0 unspecified atom stereocenters. The van der Waals surface area contributed by atoms with Crippen LogP contribution in [0.1, 0.15) is 19.8 Å².